The topological polar surface area (TPSA) is 78.5 Å². The number of likely N-dealkylation sites (tertiary alicyclic amines) is 1. The summed E-state index contributed by atoms with van der Waals surface area (Å²) in [5, 5.41) is 3.21. The number of hydrogen-bond donors (Lipinski definition) is 2. The van der Waals surface area contributed by atoms with Crippen LogP contribution in [0.1, 0.15) is 25.7 Å². The van der Waals surface area contributed by atoms with Crippen molar-refractivity contribution < 1.29 is 13.2 Å². The number of sulfonamides is 1. The first-order valence-electron chi connectivity index (χ1n) is 7.37. The number of nitrogens with one attached hydrogen (secondary N) is 2. The Balaban J connectivity index is 1.69. The van der Waals surface area contributed by atoms with E-state index in [2.05, 4.69) is 10.0 Å². The maximum absolute atomic E-state index is 12.1. The lowest BCUT2D eigenvalue weighted by Crippen LogP contribution is -2.46. The zero-order valence-corrected chi connectivity index (χ0v) is 12.9. The number of rotatable bonds is 7. The quantitative estimate of drug-likeness (QED) is 0.681. The predicted octanol–water partition coefficient (Wildman–Crippen LogP) is -0.226. The van der Waals surface area contributed by atoms with Crippen molar-refractivity contribution in [1.29, 1.82) is 0 Å². The standard InChI is InChI=1S/C13H25N3O3S/c1-20(18,19)15-8-12-3-2-6-16(10-12)13(17)9-14-7-11-4-5-11/h11-12,14-15H,2-10H2,1H3. The number of nitrogens with zero attached hydrogens (tertiary/aromatic N) is 1. The van der Waals surface area contributed by atoms with Crippen LogP contribution in [-0.2, 0) is 14.8 Å². The fourth-order valence-electron chi connectivity index (χ4n) is 2.54. The number of carbonyl (C=O) groups is 1. The molecule has 6 nitrogen and oxygen atoms in total. The van der Waals surface area contributed by atoms with Crippen LogP contribution in [0.5, 0.6) is 0 Å². The van der Waals surface area contributed by atoms with Crippen molar-refractivity contribution in [2.24, 2.45) is 11.8 Å². The van der Waals surface area contributed by atoms with Crippen molar-refractivity contribution >= 4 is 15.9 Å². The fraction of sp³-hybridized carbons (Fsp3) is 0.923. The van der Waals surface area contributed by atoms with Crippen LogP contribution in [0.15, 0.2) is 0 Å². The molecule has 1 saturated heterocycles. The van der Waals surface area contributed by atoms with Crippen molar-refractivity contribution in [3.05, 3.63) is 0 Å². The highest BCUT2D eigenvalue weighted by Gasteiger charge is 2.25. The molecule has 0 bridgehead atoms. The zero-order valence-electron chi connectivity index (χ0n) is 12.1. The third-order valence-electron chi connectivity index (χ3n) is 3.91. The summed E-state index contributed by atoms with van der Waals surface area (Å²) in [6.07, 6.45) is 5.65. The van der Waals surface area contributed by atoms with Gasteiger partial charge in [-0.2, -0.15) is 0 Å². The van der Waals surface area contributed by atoms with Gasteiger partial charge in [0.05, 0.1) is 12.8 Å². The van der Waals surface area contributed by atoms with Gasteiger partial charge in [0.2, 0.25) is 15.9 Å². The molecule has 2 aliphatic rings. The van der Waals surface area contributed by atoms with Crippen LogP contribution in [0.3, 0.4) is 0 Å². The lowest BCUT2D eigenvalue weighted by molar-refractivity contribution is -0.131. The number of amides is 1. The Labute approximate surface area is 121 Å². The molecule has 1 saturated carbocycles. The van der Waals surface area contributed by atoms with Crippen molar-refractivity contribution in [2.75, 3.05) is 39.0 Å². The molecule has 7 heteroatoms. The Morgan fingerprint density at radius 2 is 1.95 bits per heavy atom. The lowest BCUT2D eigenvalue weighted by atomic mass is 9.98. The average molecular weight is 303 g/mol. The third-order valence-corrected chi connectivity index (χ3v) is 4.60. The van der Waals surface area contributed by atoms with E-state index in [0.717, 1.165) is 31.8 Å². The van der Waals surface area contributed by atoms with Crippen LogP contribution >= 0.6 is 0 Å². The van der Waals surface area contributed by atoms with E-state index in [1.807, 2.05) is 4.90 Å². The van der Waals surface area contributed by atoms with E-state index in [1.165, 1.54) is 19.1 Å². The van der Waals surface area contributed by atoms with E-state index in [4.69, 9.17) is 0 Å². The summed E-state index contributed by atoms with van der Waals surface area (Å²) in [5.74, 6) is 1.14. The van der Waals surface area contributed by atoms with Crippen LogP contribution in [0.2, 0.25) is 0 Å². The number of hydrogen-bond acceptors (Lipinski definition) is 4. The van der Waals surface area contributed by atoms with Crippen LogP contribution in [0.4, 0.5) is 0 Å². The van der Waals surface area contributed by atoms with E-state index in [9.17, 15) is 13.2 Å². The van der Waals surface area contributed by atoms with Gasteiger partial charge in [0.1, 0.15) is 0 Å². The molecular formula is C13H25N3O3S. The van der Waals surface area contributed by atoms with Gasteiger partial charge in [0.25, 0.3) is 0 Å². The molecular weight excluding hydrogens is 278 g/mol. The van der Waals surface area contributed by atoms with Crippen LogP contribution < -0.4 is 10.0 Å². The Morgan fingerprint density at radius 1 is 1.20 bits per heavy atom. The Kier molecular flexibility index (Phi) is 5.40. The van der Waals surface area contributed by atoms with Gasteiger partial charge in [-0.05, 0) is 44.1 Å². The maximum Gasteiger partial charge on any atom is 0.236 e. The second kappa shape index (κ2) is 6.87. The number of carbonyl (C=O) groups excluding carboxylic acids is 1. The summed E-state index contributed by atoms with van der Waals surface area (Å²) in [6, 6.07) is 0. The van der Waals surface area contributed by atoms with Gasteiger partial charge in [0.15, 0.2) is 0 Å². The molecule has 2 rings (SSSR count). The summed E-state index contributed by atoms with van der Waals surface area (Å²) in [5.41, 5.74) is 0. The molecule has 0 aromatic rings. The van der Waals surface area contributed by atoms with E-state index in [-0.39, 0.29) is 11.8 Å². The molecule has 1 aliphatic heterocycles. The third kappa shape index (κ3) is 5.76. The molecule has 2 fully saturated rings. The van der Waals surface area contributed by atoms with Gasteiger partial charge >= 0.3 is 0 Å². The second-order valence-corrected chi connectivity index (χ2v) is 7.88. The molecule has 0 aromatic heterocycles. The highest BCUT2D eigenvalue weighted by molar-refractivity contribution is 7.88. The summed E-state index contributed by atoms with van der Waals surface area (Å²) in [7, 11) is -3.14. The molecule has 20 heavy (non-hydrogen) atoms. The maximum atomic E-state index is 12.1. The molecule has 0 spiro atoms. The normalized spacial score (nSPS) is 23.9. The first-order chi connectivity index (χ1) is 9.44. The summed E-state index contributed by atoms with van der Waals surface area (Å²) < 4.78 is 24.7. The second-order valence-electron chi connectivity index (χ2n) is 6.04. The molecule has 1 amide bonds. The van der Waals surface area contributed by atoms with E-state index in [0.29, 0.717) is 19.6 Å². The van der Waals surface area contributed by atoms with Crippen LogP contribution in [-0.4, -0.2) is 58.2 Å². The highest BCUT2D eigenvalue weighted by atomic mass is 32.2. The Hall–Kier alpha value is -0.660. The van der Waals surface area contributed by atoms with Crippen molar-refractivity contribution in [3.63, 3.8) is 0 Å². The molecule has 1 atom stereocenters. The van der Waals surface area contributed by atoms with Gasteiger partial charge in [-0.25, -0.2) is 13.1 Å². The van der Waals surface area contributed by atoms with Crippen LogP contribution in [0.25, 0.3) is 0 Å². The fourth-order valence-corrected chi connectivity index (χ4v) is 3.08. The first kappa shape index (κ1) is 15.7. The van der Waals surface area contributed by atoms with E-state index in [1.54, 1.807) is 0 Å². The predicted molar refractivity (Wildman–Crippen MR) is 77.7 cm³/mol. The Morgan fingerprint density at radius 3 is 2.60 bits per heavy atom. The van der Waals surface area contributed by atoms with Gasteiger partial charge in [-0.15, -0.1) is 0 Å². The molecule has 2 N–H and O–H groups in total. The molecule has 1 aliphatic carbocycles. The van der Waals surface area contributed by atoms with Gasteiger partial charge in [0, 0.05) is 19.6 Å². The van der Waals surface area contributed by atoms with Crippen LogP contribution in [0, 0.1) is 11.8 Å². The Bertz CT molecular complexity index is 434. The summed E-state index contributed by atoms with van der Waals surface area (Å²) in [6.45, 7) is 3.23. The van der Waals surface area contributed by atoms with Crippen molar-refractivity contribution in [3.8, 4) is 0 Å². The van der Waals surface area contributed by atoms with Gasteiger partial charge in [-0.1, -0.05) is 0 Å². The lowest BCUT2D eigenvalue weighted by Gasteiger charge is -2.33. The largest absolute Gasteiger partial charge is 0.341 e. The average Bonchev–Trinajstić information content (AvgIpc) is 3.20. The van der Waals surface area contributed by atoms with Crippen molar-refractivity contribution in [2.45, 2.75) is 25.7 Å². The molecule has 1 heterocycles. The number of piperidine rings is 1. The molecule has 1 unspecified atom stereocenters. The summed E-state index contributed by atoms with van der Waals surface area (Å²) >= 11 is 0. The van der Waals surface area contributed by atoms with E-state index < -0.39 is 10.0 Å². The smallest absolute Gasteiger partial charge is 0.236 e. The van der Waals surface area contributed by atoms with Crippen molar-refractivity contribution in [1.82, 2.24) is 14.9 Å². The first-order valence-corrected chi connectivity index (χ1v) is 9.26. The minimum absolute atomic E-state index is 0.134. The SMILES string of the molecule is CS(=O)(=O)NCC1CCCN(C(=O)CNCC2CC2)C1. The monoisotopic (exact) mass is 303 g/mol. The zero-order chi connectivity index (χ0) is 14.6. The van der Waals surface area contributed by atoms with E-state index >= 15 is 0 Å². The van der Waals surface area contributed by atoms with Gasteiger partial charge < -0.3 is 10.2 Å². The minimum Gasteiger partial charge on any atom is -0.341 e. The molecule has 0 aromatic carbocycles. The highest BCUT2D eigenvalue weighted by Crippen LogP contribution is 2.27. The molecule has 0 radical (unpaired) electrons. The summed E-state index contributed by atoms with van der Waals surface area (Å²) in [4.78, 5) is 13.9. The molecule has 116 valence electrons. The van der Waals surface area contributed by atoms with Gasteiger partial charge in [-0.3, -0.25) is 4.79 Å². The minimum atomic E-state index is -3.14.